The topological polar surface area (TPSA) is 93.8 Å². The van der Waals surface area contributed by atoms with Gasteiger partial charge in [-0.1, -0.05) is 13.8 Å². The number of ether oxygens (including phenoxy) is 1. The van der Waals surface area contributed by atoms with Crippen molar-refractivity contribution in [3.05, 3.63) is 17.9 Å². The maximum atomic E-state index is 11.7. The van der Waals surface area contributed by atoms with Crippen LogP contribution in [0.3, 0.4) is 0 Å². The molecule has 0 fully saturated rings. The van der Waals surface area contributed by atoms with Gasteiger partial charge in [0.25, 0.3) is 0 Å². The third-order valence-corrected chi connectivity index (χ3v) is 3.58. The zero-order valence-corrected chi connectivity index (χ0v) is 11.1. The third kappa shape index (κ3) is 4.15. The molecule has 0 aromatic carbocycles. The molecule has 0 aliphatic rings. The maximum Gasteiger partial charge on any atom is 0.371 e. The lowest BCUT2D eigenvalue weighted by Gasteiger charge is -2.06. The minimum atomic E-state index is -3.63. The van der Waals surface area contributed by atoms with Gasteiger partial charge in [-0.2, -0.15) is 0 Å². The summed E-state index contributed by atoms with van der Waals surface area (Å²) in [4.78, 5) is 10.6. The zero-order valence-electron chi connectivity index (χ0n) is 10.3. The molecule has 0 aliphatic heterocycles. The van der Waals surface area contributed by atoms with Gasteiger partial charge in [-0.25, -0.2) is 13.2 Å². The highest BCUT2D eigenvalue weighted by molar-refractivity contribution is 7.91. The van der Waals surface area contributed by atoms with Gasteiger partial charge in [0.05, 0.1) is 12.4 Å². The van der Waals surface area contributed by atoms with Crippen LogP contribution >= 0.6 is 0 Å². The first-order chi connectivity index (χ1) is 8.33. The van der Waals surface area contributed by atoms with Crippen molar-refractivity contribution in [1.82, 2.24) is 0 Å². The highest BCUT2D eigenvalue weighted by Crippen LogP contribution is 2.15. The summed E-state index contributed by atoms with van der Waals surface area (Å²) in [5.74, 6) is -1.59. The lowest BCUT2D eigenvalue weighted by molar-refractivity contribution is 0.0656. The van der Waals surface area contributed by atoms with Crippen molar-refractivity contribution in [3.8, 4) is 0 Å². The molecule has 0 unspecified atom stereocenters. The normalized spacial score (nSPS) is 11.9. The molecular formula is C11H16O6S. The Kier molecular flexibility index (Phi) is 4.92. The fraction of sp³-hybridized carbons (Fsp3) is 0.545. The first kappa shape index (κ1) is 14.7. The second-order valence-corrected chi connectivity index (χ2v) is 6.25. The van der Waals surface area contributed by atoms with Crippen LogP contribution < -0.4 is 0 Å². The van der Waals surface area contributed by atoms with E-state index in [1.165, 1.54) is 0 Å². The molecule has 1 heterocycles. The van der Waals surface area contributed by atoms with Crippen molar-refractivity contribution in [2.24, 2.45) is 5.92 Å². The van der Waals surface area contributed by atoms with E-state index in [0.717, 1.165) is 12.1 Å². The standard InChI is InChI=1S/C11H16O6S/c1-8(2)7-16-5-6-18(14,15)10-4-3-9(17-10)11(12)13/h3-4,8H,5-7H2,1-2H3,(H,12,13). The summed E-state index contributed by atoms with van der Waals surface area (Å²) in [6, 6.07) is 2.26. The highest BCUT2D eigenvalue weighted by Gasteiger charge is 2.20. The van der Waals surface area contributed by atoms with E-state index in [0.29, 0.717) is 12.5 Å². The summed E-state index contributed by atoms with van der Waals surface area (Å²) in [5.41, 5.74) is 0. The summed E-state index contributed by atoms with van der Waals surface area (Å²) in [7, 11) is -3.63. The van der Waals surface area contributed by atoms with Crippen LogP contribution in [0.1, 0.15) is 24.4 Å². The number of rotatable bonds is 7. The van der Waals surface area contributed by atoms with E-state index in [4.69, 9.17) is 14.3 Å². The highest BCUT2D eigenvalue weighted by atomic mass is 32.2. The largest absolute Gasteiger partial charge is 0.475 e. The Morgan fingerprint density at radius 3 is 2.61 bits per heavy atom. The van der Waals surface area contributed by atoms with Crippen molar-refractivity contribution in [1.29, 1.82) is 0 Å². The summed E-state index contributed by atoms with van der Waals surface area (Å²) in [6.45, 7) is 4.46. The average molecular weight is 276 g/mol. The van der Waals surface area contributed by atoms with E-state index >= 15 is 0 Å². The van der Waals surface area contributed by atoms with Crippen molar-refractivity contribution < 1.29 is 27.5 Å². The van der Waals surface area contributed by atoms with Crippen LogP contribution in [0.25, 0.3) is 0 Å². The van der Waals surface area contributed by atoms with Crippen LogP contribution in [0.2, 0.25) is 0 Å². The molecule has 1 rings (SSSR count). The van der Waals surface area contributed by atoms with Crippen LogP contribution in [-0.2, 0) is 14.6 Å². The number of aromatic carboxylic acids is 1. The Balaban J connectivity index is 2.60. The summed E-state index contributed by atoms with van der Waals surface area (Å²) in [6.07, 6.45) is 0. The molecule has 0 atom stereocenters. The van der Waals surface area contributed by atoms with Crippen LogP contribution in [0, 0.1) is 5.92 Å². The van der Waals surface area contributed by atoms with Gasteiger partial charge < -0.3 is 14.3 Å². The molecule has 1 aromatic rings. The molecule has 0 saturated carbocycles. The van der Waals surface area contributed by atoms with Crippen molar-refractivity contribution in [2.75, 3.05) is 19.0 Å². The van der Waals surface area contributed by atoms with E-state index in [2.05, 4.69) is 0 Å². The van der Waals surface area contributed by atoms with Crippen LogP contribution in [0.15, 0.2) is 21.6 Å². The second-order valence-electron chi connectivity index (χ2n) is 4.21. The summed E-state index contributed by atoms with van der Waals surface area (Å²) < 4.78 is 33.4. The maximum absolute atomic E-state index is 11.7. The fourth-order valence-corrected chi connectivity index (χ4v) is 2.22. The van der Waals surface area contributed by atoms with E-state index < -0.39 is 21.6 Å². The quantitative estimate of drug-likeness (QED) is 0.757. The lowest BCUT2D eigenvalue weighted by Crippen LogP contribution is -2.14. The Hall–Kier alpha value is -1.34. The van der Waals surface area contributed by atoms with Gasteiger partial charge in [0, 0.05) is 6.61 Å². The smallest absolute Gasteiger partial charge is 0.371 e. The first-order valence-corrected chi connectivity index (χ1v) is 7.12. The van der Waals surface area contributed by atoms with Gasteiger partial charge in [-0.15, -0.1) is 0 Å². The number of carboxylic acid groups (broad SMARTS) is 1. The van der Waals surface area contributed by atoms with Gasteiger partial charge in [-0.05, 0) is 18.1 Å². The van der Waals surface area contributed by atoms with Crippen molar-refractivity contribution in [3.63, 3.8) is 0 Å². The van der Waals surface area contributed by atoms with E-state index in [1.54, 1.807) is 0 Å². The van der Waals surface area contributed by atoms with Gasteiger partial charge in [-0.3, -0.25) is 0 Å². The number of hydrogen-bond acceptors (Lipinski definition) is 5. The summed E-state index contributed by atoms with van der Waals surface area (Å²) in [5, 5.41) is 8.29. The molecule has 18 heavy (non-hydrogen) atoms. The Bertz CT molecular complexity index is 499. The molecule has 1 N–H and O–H groups in total. The Labute approximate surface area is 105 Å². The third-order valence-electron chi connectivity index (χ3n) is 2.05. The van der Waals surface area contributed by atoms with Gasteiger partial charge in [0.2, 0.25) is 20.7 Å². The first-order valence-electron chi connectivity index (χ1n) is 5.46. The van der Waals surface area contributed by atoms with Gasteiger partial charge in [0.1, 0.15) is 0 Å². The van der Waals surface area contributed by atoms with Crippen molar-refractivity contribution >= 4 is 15.8 Å². The second kappa shape index (κ2) is 6.01. The molecule has 102 valence electrons. The molecule has 0 saturated heterocycles. The molecule has 0 radical (unpaired) electrons. The van der Waals surface area contributed by atoms with Crippen LogP contribution in [-0.4, -0.2) is 38.5 Å². The van der Waals surface area contributed by atoms with E-state index in [-0.39, 0.29) is 17.5 Å². The minimum Gasteiger partial charge on any atom is -0.475 e. The molecule has 0 aliphatic carbocycles. The Morgan fingerprint density at radius 2 is 2.11 bits per heavy atom. The number of sulfone groups is 1. The molecule has 1 aromatic heterocycles. The zero-order chi connectivity index (χ0) is 13.8. The monoisotopic (exact) mass is 276 g/mol. The fourth-order valence-electron chi connectivity index (χ4n) is 1.19. The van der Waals surface area contributed by atoms with Crippen molar-refractivity contribution in [2.45, 2.75) is 18.9 Å². The lowest BCUT2D eigenvalue weighted by atomic mass is 10.2. The molecular weight excluding hydrogens is 260 g/mol. The minimum absolute atomic E-state index is 0.0591. The molecule has 7 heteroatoms. The predicted molar refractivity (Wildman–Crippen MR) is 63.4 cm³/mol. The summed E-state index contributed by atoms with van der Waals surface area (Å²) >= 11 is 0. The SMILES string of the molecule is CC(C)COCCS(=O)(=O)c1ccc(C(=O)O)o1. The van der Waals surface area contributed by atoms with Gasteiger partial charge in [0.15, 0.2) is 0 Å². The molecule has 0 amide bonds. The predicted octanol–water partition coefficient (Wildman–Crippen LogP) is 1.42. The molecule has 0 spiro atoms. The van der Waals surface area contributed by atoms with Gasteiger partial charge >= 0.3 is 5.97 Å². The number of hydrogen-bond donors (Lipinski definition) is 1. The van der Waals surface area contributed by atoms with E-state index in [1.807, 2.05) is 13.8 Å². The number of carboxylic acids is 1. The average Bonchev–Trinajstić information content (AvgIpc) is 2.74. The Morgan fingerprint density at radius 1 is 1.44 bits per heavy atom. The number of carbonyl (C=O) groups is 1. The number of furan rings is 1. The van der Waals surface area contributed by atoms with Crippen LogP contribution in [0.5, 0.6) is 0 Å². The molecule has 6 nitrogen and oxygen atoms in total. The van der Waals surface area contributed by atoms with E-state index in [9.17, 15) is 13.2 Å². The van der Waals surface area contributed by atoms with Crippen LogP contribution in [0.4, 0.5) is 0 Å². The molecule has 0 bridgehead atoms.